The fourth-order valence-electron chi connectivity index (χ4n) is 9.82. The zero-order valence-electron chi connectivity index (χ0n) is 41.7. The number of aromatic nitrogens is 2. The Morgan fingerprint density at radius 1 is 0.972 bits per heavy atom. The van der Waals surface area contributed by atoms with Crippen LogP contribution in [0.1, 0.15) is 120 Å². The number of rotatable bonds is 19. The standard InChI is InChI=1S/C52H65F3N8O7S/c1-30(32-13-15-33(16-14-32)42-31(2)59-29-71-42)60-45(67)39-23-37(64)27-63(39)46(68)43(49(3,4)5)61-40(65)28-69-22-12-10-11-21-57-36-19-17-34(18-20-36)44(66)62-47-50(6,7)48(51(47,8)9)70-41-24-38(52(53,54)55)35(25-56)26-58-41/h13-20,24,26,29-30,37,39,43,47-48,57,64H,10-12,21-23,27-28H2,1-9H3,(H,60,67)(H,61,65)(H,62,66)/t30-,37+,39-,43?,47?,48?/m0/s1. The third-order valence-electron chi connectivity index (χ3n) is 13.4. The van der Waals surface area contributed by atoms with Crippen molar-refractivity contribution in [2.75, 3.05) is 31.6 Å². The number of aryl methyl sites for hydroxylation is 1. The number of unbranched alkanes of at least 4 members (excludes halogenated alkanes) is 2. The predicted molar refractivity (Wildman–Crippen MR) is 263 cm³/mol. The van der Waals surface area contributed by atoms with Gasteiger partial charge in [0.15, 0.2) is 0 Å². The maximum atomic E-state index is 14.1. The van der Waals surface area contributed by atoms with E-state index in [2.05, 4.69) is 31.2 Å². The van der Waals surface area contributed by atoms with Gasteiger partial charge >= 0.3 is 6.18 Å². The molecule has 2 aromatic carbocycles. The number of benzene rings is 2. The molecule has 0 radical (unpaired) electrons. The Labute approximate surface area is 417 Å². The van der Waals surface area contributed by atoms with E-state index in [0.29, 0.717) is 25.1 Å². The highest BCUT2D eigenvalue weighted by Gasteiger charge is 2.64. The lowest BCUT2D eigenvalue weighted by Crippen LogP contribution is -2.74. The number of hydrogen-bond acceptors (Lipinski definition) is 12. The van der Waals surface area contributed by atoms with E-state index in [9.17, 15) is 37.5 Å². The van der Waals surface area contributed by atoms with Crippen molar-refractivity contribution in [2.24, 2.45) is 16.2 Å². The fraction of sp³-hybridized carbons (Fsp3) is 0.519. The molecule has 4 amide bonds. The molecule has 5 N–H and O–H groups in total. The Morgan fingerprint density at radius 2 is 1.65 bits per heavy atom. The molecule has 4 atom stereocenters. The van der Waals surface area contributed by atoms with Crippen molar-refractivity contribution in [3.63, 3.8) is 0 Å². The summed E-state index contributed by atoms with van der Waals surface area (Å²) in [4.78, 5) is 64.9. The molecule has 71 heavy (non-hydrogen) atoms. The van der Waals surface area contributed by atoms with E-state index in [1.807, 2.05) is 86.6 Å². The Morgan fingerprint density at radius 3 is 2.25 bits per heavy atom. The van der Waals surface area contributed by atoms with E-state index in [0.717, 1.165) is 52.5 Å². The molecular formula is C52H65F3N8O7S. The van der Waals surface area contributed by atoms with E-state index in [1.54, 1.807) is 41.1 Å². The molecule has 0 spiro atoms. The molecule has 2 fully saturated rings. The number of nitrogens with zero attached hydrogens (tertiary/aromatic N) is 4. The highest BCUT2D eigenvalue weighted by Crippen LogP contribution is 2.55. The number of carbonyl (C=O) groups excluding carboxylic acids is 4. The smallest absolute Gasteiger partial charge is 0.417 e. The first-order valence-corrected chi connectivity index (χ1v) is 24.7. The number of pyridine rings is 1. The molecule has 2 aliphatic rings. The lowest BCUT2D eigenvalue weighted by atomic mass is 9.49. The van der Waals surface area contributed by atoms with Crippen LogP contribution < -0.4 is 26.0 Å². The van der Waals surface area contributed by atoms with Crippen LogP contribution in [-0.4, -0.2) is 100 Å². The maximum absolute atomic E-state index is 14.1. The number of aliphatic hydroxyl groups excluding tert-OH is 1. The Bertz CT molecular complexity index is 2560. The normalized spacial score (nSPS) is 20.2. The van der Waals surface area contributed by atoms with Crippen LogP contribution >= 0.6 is 11.3 Å². The molecule has 2 aromatic heterocycles. The molecule has 0 bridgehead atoms. The summed E-state index contributed by atoms with van der Waals surface area (Å²) in [5.74, 6) is -1.87. The summed E-state index contributed by atoms with van der Waals surface area (Å²) in [6.07, 6.45) is -3.02. The zero-order valence-corrected chi connectivity index (χ0v) is 42.5. The monoisotopic (exact) mass is 1000 g/mol. The van der Waals surface area contributed by atoms with Crippen molar-refractivity contribution < 1.29 is 46.9 Å². The number of β-amino-alcohol motifs (C(OH)–C–C–N with tert-alkyl or cyclic N) is 1. The number of alkyl halides is 3. The van der Waals surface area contributed by atoms with E-state index in [1.165, 1.54) is 11.0 Å². The Balaban J connectivity index is 0.893. The first-order chi connectivity index (χ1) is 33.3. The van der Waals surface area contributed by atoms with Gasteiger partial charge in [0, 0.05) is 66.5 Å². The number of thiazole rings is 1. The maximum Gasteiger partial charge on any atom is 0.417 e. The number of halogens is 3. The summed E-state index contributed by atoms with van der Waals surface area (Å²) >= 11 is 1.56. The molecular weight excluding hydrogens is 938 g/mol. The molecule has 382 valence electrons. The number of anilines is 1. The minimum atomic E-state index is -4.75. The first-order valence-electron chi connectivity index (χ1n) is 23.8. The third kappa shape index (κ3) is 12.9. The Kier molecular flexibility index (Phi) is 16.9. The van der Waals surface area contributed by atoms with E-state index >= 15 is 0 Å². The van der Waals surface area contributed by atoms with Crippen molar-refractivity contribution in [1.29, 1.82) is 5.26 Å². The number of carbonyl (C=O) groups is 4. The van der Waals surface area contributed by atoms with Crippen molar-refractivity contribution in [1.82, 2.24) is 30.8 Å². The van der Waals surface area contributed by atoms with Crippen LogP contribution in [0.25, 0.3) is 10.4 Å². The molecule has 15 nitrogen and oxygen atoms in total. The van der Waals surface area contributed by atoms with E-state index < -0.39 is 69.7 Å². The zero-order chi connectivity index (χ0) is 52.1. The van der Waals surface area contributed by atoms with Gasteiger partial charge in [-0.05, 0) is 73.9 Å². The topological polar surface area (TPSA) is 208 Å². The van der Waals surface area contributed by atoms with Gasteiger partial charge in [-0.25, -0.2) is 9.97 Å². The summed E-state index contributed by atoms with van der Waals surface area (Å²) in [5.41, 5.74) is 2.14. The number of nitrogens with one attached hydrogen (secondary N) is 4. The van der Waals surface area contributed by atoms with Gasteiger partial charge in [-0.15, -0.1) is 11.3 Å². The van der Waals surface area contributed by atoms with Crippen LogP contribution in [0.3, 0.4) is 0 Å². The molecule has 1 saturated carbocycles. The van der Waals surface area contributed by atoms with Crippen LogP contribution in [-0.2, 0) is 25.3 Å². The summed E-state index contributed by atoms with van der Waals surface area (Å²) in [7, 11) is 0. The van der Waals surface area contributed by atoms with Crippen LogP contribution in [0.2, 0.25) is 0 Å². The van der Waals surface area contributed by atoms with Crippen molar-refractivity contribution in [3.8, 4) is 22.4 Å². The van der Waals surface area contributed by atoms with E-state index in [-0.39, 0.29) is 49.4 Å². The van der Waals surface area contributed by atoms with Crippen LogP contribution in [0.4, 0.5) is 18.9 Å². The van der Waals surface area contributed by atoms with Gasteiger partial charge in [-0.2, -0.15) is 18.4 Å². The lowest BCUT2D eigenvalue weighted by Gasteiger charge is -2.62. The highest BCUT2D eigenvalue weighted by atomic mass is 32.1. The minimum Gasteiger partial charge on any atom is -0.473 e. The molecule has 4 aromatic rings. The highest BCUT2D eigenvalue weighted by molar-refractivity contribution is 7.13. The minimum absolute atomic E-state index is 0.0345. The lowest BCUT2D eigenvalue weighted by molar-refractivity contribution is -0.166. The second-order valence-corrected chi connectivity index (χ2v) is 21.6. The van der Waals surface area contributed by atoms with Crippen molar-refractivity contribution in [2.45, 2.75) is 131 Å². The largest absolute Gasteiger partial charge is 0.473 e. The van der Waals surface area contributed by atoms with Gasteiger partial charge in [0.1, 0.15) is 30.9 Å². The number of ether oxygens (including phenoxy) is 2. The van der Waals surface area contributed by atoms with Gasteiger partial charge in [-0.3, -0.25) is 19.2 Å². The number of aliphatic hydroxyl groups is 1. The van der Waals surface area contributed by atoms with Gasteiger partial charge < -0.3 is 40.7 Å². The van der Waals surface area contributed by atoms with Crippen molar-refractivity contribution >= 4 is 40.7 Å². The first kappa shape index (κ1) is 54.2. The average Bonchev–Trinajstić information content (AvgIpc) is 3.94. The third-order valence-corrected chi connectivity index (χ3v) is 14.4. The Hall–Kier alpha value is -6.10. The van der Waals surface area contributed by atoms with Crippen LogP contribution in [0.5, 0.6) is 5.88 Å². The SMILES string of the molecule is Cc1ncsc1-c1ccc([C@H](C)NC(=O)[C@@H]2C[C@@H](O)CN2C(=O)C(NC(=O)COCCCCCNc2ccc(C(=O)NC3C(C)(C)C(Oc4cc(C(F)(F)F)c(C#N)cn4)C3(C)C)cc2)C(C)(C)C)cc1. The average molecular weight is 1000 g/mol. The summed E-state index contributed by atoms with van der Waals surface area (Å²) in [5, 5.41) is 32.0. The van der Waals surface area contributed by atoms with Crippen LogP contribution in [0, 0.1) is 34.5 Å². The second kappa shape index (κ2) is 22.1. The van der Waals surface area contributed by atoms with Crippen LogP contribution in [0.15, 0.2) is 66.3 Å². The number of nitriles is 1. The summed E-state index contributed by atoms with van der Waals surface area (Å²) in [6, 6.07) is 14.5. The molecule has 3 heterocycles. The molecule has 1 unspecified atom stereocenters. The van der Waals surface area contributed by atoms with Gasteiger partial charge in [0.25, 0.3) is 5.91 Å². The quantitative estimate of drug-likeness (QED) is 0.0569. The predicted octanol–water partition coefficient (Wildman–Crippen LogP) is 7.98. The molecule has 19 heteroatoms. The number of amides is 4. The molecule has 1 aliphatic carbocycles. The number of likely N-dealkylation sites (tertiary alicyclic amines) is 1. The molecule has 6 rings (SSSR count). The van der Waals surface area contributed by atoms with Crippen molar-refractivity contribution in [3.05, 3.63) is 94.3 Å². The van der Waals surface area contributed by atoms with Gasteiger partial charge in [0.05, 0.1) is 39.4 Å². The summed E-state index contributed by atoms with van der Waals surface area (Å²) < 4.78 is 52.4. The molecule has 1 aliphatic heterocycles. The summed E-state index contributed by atoms with van der Waals surface area (Å²) in [6.45, 7) is 17.4. The van der Waals surface area contributed by atoms with Gasteiger partial charge in [0.2, 0.25) is 23.6 Å². The van der Waals surface area contributed by atoms with Gasteiger partial charge in [-0.1, -0.05) is 72.7 Å². The number of hydrogen-bond donors (Lipinski definition) is 5. The van der Waals surface area contributed by atoms with E-state index in [4.69, 9.17) is 14.7 Å². The second-order valence-electron chi connectivity index (χ2n) is 20.7. The molecule has 1 saturated heterocycles. The fourth-order valence-corrected chi connectivity index (χ4v) is 10.6.